The minimum Gasteiger partial charge on any atom is -0.319 e. The third-order valence-electron chi connectivity index (χ3n) is 3.79. The molecule has 0 aromatic heterocycles. The van der Waals surface area contributed by atoms with Crippen molar-refractivity contribution < 1.29 is 0 Å². The van der Waals surface area contributed by atoms with Crippen molar-refractivity contribution in [1.29, 1.82) is 0 Å². The zero-order chi connectivity index (χ0) is 11.1. The largest absolute Gasteiger partial charge is 0.319 e. The van der Waals surface area contributed by atoms with Gasteiger partial charge in [0.15, 0.2) is 0 Å². The average Bonchev–Trinajstić information content (AvgIpc) is 2.16. The molecule has 1 N–H and O–H groups in total. The highest BCUT2D eigenvalue weighted by Gasteiger charge is 2.19. The van der Waals surface area contributed by atoms with Crippen molar-refractivity contribution in [3.63, 3.8) is 0 Å². The Morgan fingerprint density at radius 1 is 1.00 bits per heavy atom. The lowest BCUT2D eigenvalue weighted by molar-refractivity contribution is 0.236. The van der Waals surface area contributed by atoms with E-state index in [9.17, 15) is 0 Å². The van der Waals surface area contributed by atoms with Gasteiger partial charge in [0.25, 0.3) is 0 Å². The van der Waals surface area contributed by atoms with E-state index in [4.69, 9.17) is 0 Å². The Morgan fingerprint density at radius 3 is 2.00 bits per heavy atom. The van der Waals surface area contributed by atoms with Crippen LogP contribution in [0, 0.1) is 23.7 Å². The van der Waals surface area contributed by atoms with Crippen LogP contribution in [0.25, 0.3) is 0 Å². The average molecular weight is 199 g/mol. The molecule has 4 atom stereocenters. The minimum absolute atomic E-state index is 0.791. The predicted octanol–water partition coefficient (Wildman–Crippen LogP) is 3.55. The molecule has 0 aromatic carbocycles. The van der Waals surface area contributed by atoms with Crippen molar-refractivity contribution in [2.45, 2.75) is 47.5 Å². The Morgan fingerprint density at radius 2 is 1.57 bits per heavy atom. The number of hydrogen-bond donors (Lipinski definition) is 1. The molecule has 86 valence electrons. The Balaban J connectivity index is 3.90. The molecule has 0 fully saturated rings. The molecule has 1 nitrogen and oxygen atoms in total. The summed E-state index contributed by atoms with van der Waals surface area (Å²) in [7, 11) is 2.04. The maximum Gasteiger partial charge on any atom is -0.00235 e. The van der Waals surface area contributed by atoms with Gasteiger partial charge in [0.05, 0.1) is 0 Å². The maximum absolute atomic E-state index is 3.27. The molecule has 0 bridgehead atoms. The number of nitrogens with one attached hydrogen (secondary N) is 1. The maximum atomic E-state index is 3.27. The summed E-state index contributed by atoms with van der Waals surface area (Å²) < 4.78 is 0. The molecule has 0 heterocycles. The minimum atomic E-state index is 0.791. The molecule has 0 aliphatic rings. The normalized spacial score (nSPS) is 20.1. The summed E-state index contributed by atoms with van der Waals surface area (Å²) in [6.07, 6.45) is 2.70. The highest BCUT2D eigenvalue weighted by molar-refractivity contribution is 4.71. The smallest absolute Gasteiger partial charge is 0.00235 e. The van der Waals surface area contributed by atoms with Gasteiger partial charge >= 0.3 is 0 Å². The second-order valence-corrected chi connectivity index (χ2v) is 5.12. The monoisotopic (exact) mass is 199 g/mol. The first-order valence-electron chi connectivity index (χ1n) is 6.17. The first-order valence-corrected chi connectivity index (χ1v) is 6.17. The van der Waals surface area contributed by atoms with Crippen LogP contribution < -0.4 is 5.32 Å². The topological polar surface area (TPSA) is 12.0 Å². The van der Waals surface area contributed by atoms with E-state index in [0.717, 1.165) is 30.2 Å². The van der Waals surface area contributed by atoms with Crippen molar-refractivity contribution >= 4 is 0 Å². The zero-order valence-corrected chi connectivity index (χ0v) is 10.9. The van der Waals surface area contributed by atoms with Gasteiger partial charge in [-0.1, -0.05) is 41.0 Å². The second kappa shape index (κ2) is 7.28. The summed E-state index contributed by atoms with van der Waals surface area (Å²) in [4.78, 5) is 0. The van der Waals surface area contributed by atoms with Crippen LogP contribution in [0.4, 0.5) is 0 Å². The lowest BCUT2D eigenvalue weighted by atomic mass is 9.80. The van der Waals surface area contributed by atoms with Gasteiger partial charge in [-0.2, -0.15) is 0 Å². The molecule has 0 radical (unpaired) electrons. The van der Waals surface area contributed by atoms with Gasteiger partial charge in [-0.05, 0) is 43.7 Å². The molecule has 4 unspecified atom stereocenters. The summed E-state index contributed by atoms with van der Waals surface area (Å²) in [5.74, 6) is 3.36. The van der Waals surface area contributed by atoms with Crippen molar-refractivity contribution in [2.24, 2.45) is 23.7 Å². The molecule has 14 heavy (non-hydrogen) atoms. The molecule has 0 rings (SSSR count). The van der Waals surface area contributed by atoms with Crippen molar-refractivity contribution in [1.82, 2.24) is 5.32 Å². The molecule has 0 saturated carbocycles. The lowest BCUT2D eigenvalue weighted by Gasteiger charge is -2.27. The van der Waals surface area contributed by atoms with Crippen LogP contribution >= 0.6 is 0 Å². The van der Waals surface area contributed by atoms with Gasteiger partial charge < -0.3 is 5.32 Å². The van der Waals surface area contributed by atoms with Crippen LogP contribution in [0.3, 0.4) is 0 Å². The predicted molar refractivity (Wildman–Crippen MR) is 65.5 cm³/mol. The van der Waals surface area contributed by atoms with Crippen LogP contribution in [-0.2, 0) is 0 Å². The number of rotatable bonds is 7. The number of hydrogen-bond acceptors (Lipinski definition) is 1. The molecule has 1 heteroatoms. The van der Waals surface area contributed by atoms with Gasteiger partial charge in [0.2, 0.25) is 0 Å². The fourth-order valence-corrected chi connectivity index (χ4v) is 2.08. The van der Waals surface area contributed by atoms with Gasteiger partial charge in [0, 0.05) is 0 Å². The SMILES string of the molecule is CCC(C)CC(C)C(C)C(C)CNC. The Kier molecular flexibility index (Phi) is 7.26. The van der Waals surface area contributed by atoms with E-state index < -0.39 is 0 Å². The fourth-order valence-electron chi connectivity index (χ4n) is 2.08. The van der Waals surface area contributed by atoms with E-state index in [1.165, 1.54) is 12.8 Å². The summed E-state index contributed by atoms with van der Waals surface area (Å²) >= 11 is 0. The van der Waals surface area contributed by atoms with Crippen LogP contribution in [0.15, 0.2) is 0 Å². The highest BCUT2D eigenvalue weighted by Crippen LogP contribution is 2.26. The van der Waals surface area contributed by atoms with Crippen LogP contribution in [0.1, 0.15) is 47.5 Å². The third-order valence-corrected chi connectivity index (χ3v) is 3.79. The lowest BCUT2D eigenvalue weighted by Crippen LogP contribution is -2.26. The molecule has 0 aliphatic heterocycles. The summed E-state index contributed by atoms with van der Waals surface area (Å²) in [6, 6.07) is 0. The molecule has 0 aliphatic carbocycles. The van der Waals surface area contributed by atoms with Gasteiger partial charge in [-0.15, -0.1) is 0 Å². The van der Waals surface area contributed by atoms with E-state index in [1.54, 1.807) is 0 Å². The Hall–Kier alpha value is -0.0400. The van der Waals surface area contributed by atoms with Crippen molar-refractivity contribution in [2.75, 3.05) is 13.6 Å². The van der Waals surface area contributed by atoms with E-state index in [0.29, 0.717) is 0 Å². The second-order valence-electron chi connectivity index (χ2n) is 5.12. The van der Waals surface area contributed by atoms with Gasteiger partial charge in [-0.3, -0.25) is 0 Å². The first-order chi connectivity index (χ1) is 6.52. The van der Waals surface area contributed by atoms with Crippen LogP contribution in [-0.4, -0.2) is 13.6 Å². The summed E-state index contributed by atoms with van der Waals surface area (Å²) in [6.45, 7) is 13.0. The molecule has 0 saturated heterocycles. The first kappa shape index (κ1) is 14.0. The van der Waals surface area contributed by atoms with Gasteiger partial charge in [-0.25, -0.2) is 0 Å². The highest BCUT2D eigenvalue weighted by atomic mass is 14.8. The Bertz CT molecular complexity index is 133. The molecule has 0 aromatic rings. The summed E-state index contributed by atoms with van der Waals surface area (Å²) in [5, 5.41) is 3.27. The summed E-state index contributed by atoms with van der Waals surface area (Å²) in [5.41, 5.74) is 0. The van der Waals surface area contributed by atoms with Crippen molar-refractivity contribution in [3.8, 4) is 0 Å². The van der Waals surface area contributed by atoms with E-state index >= 15 is 0 Å². The molecule has 0 spiro atoms. The van der Waals surface area contributed by atoms with Crippen LogP contribution in [0.2, 0.25) is 0 Å². The quantitative estimate of drug-likeness (QED) is 0.661. The van der Waals surface area contributed by atoms with Crippen molar-refractivity contribution in [3.05, 3.63) is 0 Å². The molecular formula is C13H29N. The molecular weight excluding hydrogens is 170 g/mol. The zero-order valence-electron chi connectivity index (χ0n) is 10.9. The fraction of sp³-hybridized carbons (Fsp3) is 1.00. The third kappa shape index (κ3) is 4.99. The Labute approximate surface area is 90.7 Å². The van der Waals surface area contributed by atoms with E-state index in [-0.39, 0.29) is 0 Å². The molecule has 0 amide bonds. The van der Waals surface area contributed by atoms with E-state index in [2.05, 4.69) is 39.9 Å². The standard InChI is InChI=1S/C13H29N/c1-7-10(2)8-11(3)13(5)12(4)9-14-6/h10-14H,7-9H2,1-6H3. The van der Waals surface area contributed by atoms with Gasteiger partial charge in [0.1, 0.15) is 0 Å². The van der Waals surface area contributed by atoms with E-state index in [1.807, 2.05) is 7.05 Å². The van der Waals surface area contributed by atoms with Crippen LogP contribution in [0.5, 0.6) is 0 Å².